The van der Waals surface area contributed by atoms with Crippen LogP contribution in [0.2, 0.25) is 0 Å². The van der Waals surface area contributed by atoms with Gasteiger partial charge in [0.1, 0.15) is 18.3 Å². The van der Waals surface area contributed by atoms with Gasteiger partial charge in [-0.1, -0.05) is 0 Å². The van der Waals surface area contributed by atoms with Crippen LogP contribution in [0.4, 0.5) is 0 Å². The summed E-state index contributed by atoms with van der Waals surface area (Å²) in [5, 5.41) is 9.05. The molecule has 4 atom stereocenters. The first kappa shape index (κ1) is 10.7. The summed E-state index contributed by atoms with van der Waals surface area (Å²) in [4.78, 5) is 25.1. The molecule has 0 radical (unpaired) electrons. The average Bonchev–Trinajstić information content (AvgIpc) is 3.00. The SMILES string of the molecule is Cc1cn([C@@H]2O[C@@H](CO)[C@@H]3O[C@H]32)c(=O)[nH]c1=O. The van der Waals surface area contributed by atoms with Gasteiger partial charge in [0.15, 0.2) is 6.23 Å². The van der Waals surface area contributed by atoms with Crippen molar-refractivity contribution in [1.82, 2.24) is 9.55 Å². The zero-order chi connectivity index (χ0) is 12.2. The number of H-pyrrole nitrogens is 1. The Balaban J connectivity index is 1.98. The van der Waals surface area contributed by atoms with Crippen LogP contribution in [0.5, 0.6) is 0 Å². The number of nitrogens with zero attached hydrogens (tertiary/aromatic N) is 1. The highest BCUT2D eigenvalue weighted by Crippen LogP contribution is 2.43. The molecule has 2 N–H and O–H groups in total. The van der Waals surface area contributed by atoms with Gasteiger partial charge in [-0.15, -0.1) is 0 Å². The predicted molar refractivity (Wildman–Crippen MR) is 55.7 cm³/mol. The van der Waals surface area contributed by atoms with Gasteiger partial charge in [-0.25, -0.2) is 4.79 Å². The summed E-state index contributed by atoms with van der Waals surface area (Å²) in [5.74, 6) is 0. The number of nitrogens with one attached hydrogen (secondary N) is 1. The maximum absolute atomic E-state index is 11.6. The molecule has 92 valence electrons. The second kappa shape index (κ2) is 3.52. The fraction of sp³-hybridized carbons (Fsp3) is 0.600. The third kappa shape index (κ3) is 1.54. The Morgan fingerprint density at radius 1 is 1.41 bits per heavy atom. The maximum Gasteiger partial charge on any atom is 0.330 e. The van der Waals surface area contributed by atoms with Gasteiger partial charge < -0.3 is 14.6 Å². The van der Waals surface area contributed by atoms with Crippen molar-refractivity contribution in [2.45, 2.75) is 31.5 Å². The zero-order valence-corrected chi connectivity index (χ0v) is 9.12. The summed E-state index contributed by atoms with van der Waals surface area (Å²) in [7, 11) is 0. The maximum atomic E-state index is 11.6. The van der Waals surface area contributed by atoms with Crippen LogP contribution in [-0.2, 0) is 9.47 Å². The molecule has 2 fully saturated rings. The van der Waals surface area contributed by atoms with E-state index in [0.29, 0.717) is 5.56 Å². The van der Waals surface area contributed by atoms with Gasteiger partial charge in [0.25, 0.3) is 5.56 Å². The number of hydrogen-bond donors (Lipinski definition) is 2. The minimum Gasteiger partial charge on any atom is -0.394 e. The summed E-state index contributed by atoms with van der Waals surface area (Å²) >= 11 is 0. The van der Waals surface area contributed by atoms with E-state index in [1.54, 1.807) is 6.92 Å². The third-order valence-electron chi connectivity index (χ3n) is 3.12. The van der Waals surface area contributed by atoms with Crippen LogP contribution in [0, 0.1) is 6.92 Å². The Morgan fingerprint density at radius 3 is 2.82 bits per heavy atom. The molecule has 7 heteroatoms. The fourth-order valence-corrected chi connectivity index (χ4v) is 2.14. The lowest BCUT2D eigenvalue weighted by Crippen LogP contribution is -2.35. The Labute approximate surface area is 95.6 Å². The van der Waals surface area contributed by atoms with E-state index >= 15 is 0 Å². The van der Waals surface area contributed by atoms with Crippen LogP contribution in [0.25, 0.3) is 0 Å². The molecule has 0 saturated carbocycles. The third-order valence-corrected chi connectivity index (χ3v) is 3.12. The highest BCUT2D eigenvalue weighted by molar-refractivity contribution is 5.06. The molecular formula is C10H12N2O5. The Kier molecular flexibility index (Phi) is 2.22. The molecule has 0 unspecified atom stereocenters. The van der Waals surface area contributed by atoms with Gasteiger partial charge in [0.05, 0.1) is 6.61 Å². The molecule has 0 bridgehead atoms. The van der Waals surface area contributed by atoms with E-state index < -0.39 is 23.6 Å². The summed E-state index contributed by atoms with van der Waals surface area (Å²) in [6.45, 7) is 1.47. The number of aryl methyl sites for hydroxylation is 1. The quantitative estimate of drug-likeness (QED) is 0.613. The highest BCUT2D eigenvalue weighted by atomic mass is 16.7. The van der Waals surface area contributed by atoms with E-state index in [0.717, 1.165) is 0 Å². The molecule has 0 amide bonds. The molecule has 1 aromatic rings. The molecule has 3 rings (SSSR count). The minimum absolute atomic E-state index is 0.144. The lowest BCUT2D eigenvalue weighted by molar-refractivity contribution is -0.0857. The summed E-state index contributed by atoms with van der Waals surface area (Å²) < 4.78 is 12.1. The van der Waals surface area contributed by atoms with Gasteiger partial charge in [0, 0.05) is 11.8 Å². The first-order valence-electron chi connectivity index (χ1n) is 5.35. The minimum atomic E-state index is -0.569. The van der Waals surface area contributed by atoms with Gasteiger partial charge in [-0.3, -0.25) is 14.3 Å². The van der Waals surface area contributed by atoms with Crippen molar-refractivity contribution in [1.29, 1.82) is 0 Å². The average molecular weight is 240 g/mol. The molecule has 7 nitrogen and oxygen atoms in total. The fourth-order valence-electron chi connectivity index (χ4n) is 2.14. The van der Waals surface area contributed by atoms with E-state index in [1.807, 2.05) is 0 Å². The van der Waals surface area contributed by atoms with E-state index in [4.69, 9.17) is 14.6 Å². The molecule has 0 aromatic carbocycles. The van der Waals surface area contributed by atoms with Crippen LogP contribution in [-0.4, -0.2) is 39.6 Å². The Morgan fingerprint density at radius 2 is 2.18 bits per heavy atom. The Bertz CT molecular complexity index is 563. The summed E-state index contributed by atoms with van der Waals surface area (Å²) in [6, 6.07) is 0. The molecule has 0 aliphatic carbocycles. The smallest absolute Gasteiger partial charge is 0.330 e. The number of aliphatic hydroxyl groups excluding tert-OH is 1. The normalized spacial score (nSPS) is 34.7. The van der Waals surface area contributed by atoms with Gasteiger partial charge in [-0.2, -0.15) is 0 Å². The second-order valence-electron chi connectivity index (χ2n) is 4.29. The number of aromatic nitrogens is 2. The molecule has 2 aliphatic rings. The highest BCUT2D eigenvalue weighted by Gasteiger charge is 2.58. The van der Waals surface area contributed by atoms with E-state index in [2.05, 4.69) is 4.98 Å². The van der Waals surface area contributed by atoms with Crippen LogP contribution >= 0.6 is 0 Å². The summed E-state index contributed by atoms with van der Waals surface area (Å²) in [6.07, 6.45) is 0.119. The van der Waals surface area contributed by atoms with Crippen molar-refractivity contribution in [2.24, 2.45) is 0 Å². The summed E-state index contributed by atoms with van der Waals surface area (Å²) in [5.41, 5.74) is -0.507. The lowest BCUT2D eigenvalue weighted by atomic mass is 10.2. The number of fused-ring (bicyclic) bond motifs is 1. The first-order chi connectivity index (χ1) is 8.11. The molecule has 3 heterocycles. The van der Waals surface area contributed by atoms with E-state index in [1.165, 1.54) is 10.8 Å². The van der Waals surface area contributed by atoms with Crippen molar-refractivity contribution in [2.75, 3.05) is 6.61 Å². The molecule has 0 spiro atoms. The second-order valence-corrected chi connectivity index (χ2v) is 4.29. The van der Waals surface area contributed by atoms with Crippen molar-refractivity contribution in [3.63, 3.8) is 0 Å². The van der Waals surface area contributed by atoms with Crippen LogP contribution < -0.4 is 11.2 Å². The number of epoxide rings is 1. The van der Waals surface area contributed by atoms with E-state index in [9.17, 15) is 9.59 Å². The number of aliphatic hydroxyl groups is 1. The molecule has 2 saturated heterocycles. The number of ether oxygens (including phenoxy) is 2. The molecule has 1 aromatic heterocycles. The van der Waals surface area contributed by atoms with E-state index in [-0.39, 0.29) is 18.8 Å². The first-order valence-corrected chi connectivity index (χ1v) is 5.35. The number of rotatable bonds is 2. The van der Waals surface area contributed by atoms with Crippen LogP contribution in [0.15, 0.2) is 15.8 Å². The van der Waals surface area contributed by atoms with Crippen molar-refractivity contribution in [3.8, 4) is 0 Å². The topological polar surface area (TPSA) is 96.8 Å². The van der Waals surface area contributed by atoms with Crippen molar-refractivity contribution >= 4 is 0 Å². The predicted octanol–water partition coefficient (Wildman–Crippen LogP) is -1.50. The monoisotopic (exact) mass is 240 g/mol. The van der Waals surface area contributed by atoms with Gasteiger partial charge >= 0.3 is 5.69 Å². The Hall–Kier alpha value is -1.44. The standard InChI is InChI=1S/C10H12N2O5/c1-4-2-12(10(15)11-8(4)14)9-7-6(17-7)5(3-13)16-9/h2,5-7,9,13H,3H2,1H3,(H,11,14,15)/t5-,6-,7+,9+/m0/s1. The van der Waals surface area contributed by atoms with Crippen molar-refractivity contribution in [3.05, 3.63) is 32.6 Å². The molecule has 17 heavy (non-hydrogen) atoms. The van der Waals surface area contributed by atoms with Crippen molar-refractivity contribution < 1.29 is 14.6 Å². The molecule has 2 aliphatic heterocycles. The number of hydrogen-bond acceptors (Lipinski definition) is 5. The van der Waals surface area contributed by atoms with Crippen LogP contribution in [0.1, 0.15) is 11.8 Å². The molecular weight excluding hydrogens is 228 g/mol. The van der Waals surface area contributed by atoms with Gasteiger partial charge in [-0.05, 0) is 6.92 Å². The lowest BCUT2D eigenvalue weighted by Gasteiger charge is -2.18. The van der Waals surface area contributed by atoms with Gasteiger partial charge in [0.2, 0.25) is 0 Å². The zero-order valence-electron chi connectivity index (χ0n) is 9.12. The number of aromatic amines is 1. The van der Waals surface area contributed by atoms with Crippen LogP contribution in [0.3, 0.4) is 0 Å². The largest absolute Gasteiger partial charge is 0.394 e.